The number of benzene rings is 3. The van der Waals surface area contributed by atoms with E-state index in [1.807, 2.05) is 43.3 Å². The fraction of sp³-hybridized carbons (Fsp3) is 0.167. The van der Waals surface area contributed by atoms with Gasteiger partial charge in [-0.2, -0.15) is 0 Å². The minimum atomic E-state index is -0.693. The van der Waals surface area contributed by atoms with Crippen molar-refractivity contribution >= 4 is 23.2 Å². The standard InChI is InChI=1S/C24H24N2O4/c1-16-9-14-22(29-3)21(15-16)26-24(28)18-10-12-20(13-11-18)30-17(2)23(27)25-19-7-5-4-6-8-19/h4-15,17H,1-3H3,(H,25,27)(H,26,28)/t17-/m0/s1. The minimum absolute atomic E-state index is 0.255. The average Bonchev–Trinajstić information content (AvgIpc) is 2.75. The smallest absolute Gasteiger partial charge is 0.265 e. The molecule has 0 saturated heterocycles. The molecule has 3 aromatic rings. The summed E-state index contributed by atoms with van der Waals surface area (Å²) in [5.74, 6) is 0.567. The van der Waals surface area contributed by atoms with Crippen LogP contribution in [0.2, 0.25) is 0 Å². The lowest BCUT2D eigenvalue weighted by Gasteiger charge is -2.15. The Morgan fingerprint density at radius 1 is 0.900 bits per heavy atom. The Balaban J connectivity index is 1.61. The van der Waals surface area contributed by atoms with Crippen molar-refractivity contribution in [3.8, 4) is 11.5 Å². The second-order valence-corrected chi connectivity index (χ2v) is 6.80. The maximum Gasteiger partial charge on any atom is 0.265 e. The van der Waals surface area contributed by atoms with Crippen LogP contribution in [-0.2, 0) is 4.79 Å². The van der Waals surface area contributed by atoms with Crippen molar-refractivity contribution in [2.75, 3.05) is 17.7 Å². The Hall–Kier alpha value is -3.80. The van der Waals surface area contributed by atoms with Gasteiger partial charge in [-0.05, 0) is 67.9 Å². The van der Waals surface area contributed by atoms with E-state index in [0.29, 0.717) is 28.4 Å². The molecule has 154 valence electrons. The number of aryl methyl sites for hydroxylation is 1. The van der Waals surface area contributed by atoms with Gasteiger partial charge in [0.1, 0.15) is 11.5 Å². The van der Waals surface area contributed by atoms with Crippen LogP contribution in [0.1, 0.15) is 22.8 Å². The number of hydrogen-bond donors (Lipinski definition) is 2. The van der Waals surface area contributed by atoms with Crippen LogP contribution in [0.5, 0.6) is 11.5 Å². The number of hydrogen-bond acceptors (Lipinski definition) is 4. The molecule has 0 radical (unpaired) electrons. The molecule has 3 rings (SSSR count). The van der Waals surface area contributed by atoms with E-state index in [-0.39, 0.29) is 11.8 Å². The third kappa shape index (κ3) is 5.38. The molecule has 0 bridgehead atoms. The minimum Gasteiger partial charge on any atom is -0.495 e. The van der Waals surface area contributed by atoms with Gasteiger partial charge in [-0.1, -0.05) is 24.3 Å². The maximum atomic E-state index is 12.6. The van der Waals surface area contributed by atoms with Gasteiger partial charge in [0.15, 0.2) is 6.10 Å². The summed E-state index contributed by atoms with van der Waals surface area (Å²) in [4.78, 5) is 24.8. The van der Waals surface area contributed by atoms with Crippen LogP contribution in [0.25, 0.3) is 0 Å². The van der Waals surface area contributed by atoms with Crippen LogP contribution in [0.3, 0.4) is 0 Å². The molecule has 1 atom stereocenters. The normalized spacial score (nSPS) is 11.3. The average molecular weight is 404 g/mol. The summed E-state index contributed by atoms with van der Waals surface area (Å²) in [5.41, 5.74) is 2.79. The van der Waals surface area contributed by atoms with Gasteiger partial charge in [-0.3, -0.25) is 9.59 Å². The molecule has 2 N–H and O–H groups in total. The van der Waals surface area contributed by atoms with E-state index >= 15 is 0 Å². The maximum absolute atomic E-state index is 12.6. The number of anilines is 2. The molecular formula is C24H24N2O4. The zero-order chi connectivity index (χ0) is 21.5. The molecule has 0 fully saturated rings. The Morgan fingerprint density at radius 2 is 1.60 bits per heavy atom. The van der Waals surface area contributed by atoms with E-state index in [1.165, 1.54) is 0 Å². The fourth-order valence-corrected chi connectivity index (χ4v) is 2.82. The number of ether oxygens (including phenoxy) is 2. The van der Waals surface area contributed by atoms with E-state index in [1.54, 1.807) is 50.4 Å². The summed E-state index contributed by atoms with van der Waals surface area (Å²) in [5, 5.41) is 5.65. The lowest BCUT2D eigenvalue weighted by atomic mass is 10.1. The molecule has 6 nitrogen and oxygen atoms in total. The molecule has 0 spiro atoms. The summed E-state index contributed by atoms with van der Waals surface area (Å²) in [6.45, 7) is 3.61. The molecular weight excluding hydrogens is 380 g/mol. The second-order valence-electron chi connectivity index (χ2n) is 6.80. The van der Waals surface area contributed by atoms with Crippen molar-refractivity contribution in [2.24, 2.45) is 0 Å². The number of rotatable bonds is 7. The first-order chi connectivity index (χ1) is 14.5. The first kappa shape index (κ1) is 20.9. The van der Waals surface area contributed by atoms with Crippen molar-refractivity contribution in [1.82, 2.24) is 0 Å². The van der Waals surface area contributed by atoms with E-state index in [0.717, 1.165) is 5.56 Å². The van der Waals surface area contributed by atoms with Crippen LogP contribution >= 0.6 is 0 Å². The molecule has 3 aromatic carbocycles. The van der Waals surface area contributed by atoms with Crippen LogP contribution in [0.4, 0.5) is 11.4 Å². The Bertz CT molecular complexity index is 1020. The van der Waals surface area contributed by atoms with Crippen LogP contribution < -0.4 is 20.1 Å². The SMILES string of the molecule is COc1ccc(C)cc1NC(=O)c1ccc(O[C@@H](C)C(=O)Nc2ccccc2)cc1. The van der Waals surface area contributed by atoms with Crippen molar-refractivity contribution in [3.63, 3.8) is 0 Å². The van der Waals surface area contributed by atoms with Crippen molar-refractivity contribution in [1.29, 1.82) is 0 Å². The topological polar surface area (TPSA) is 76.7 Å². The summed E-state index contributed by atoms with van der Waals surface area (Å²) in [6.07, 6.45) is -0.693. The molecule has 0 saturated carbocycles. The number of methoxy groups -OCH3 is 1. The molecule has 0 unspecified atom stereocenters. The lowest BCUT2D eigenvalue weighted by Crippen LogP contribution is -2.30. The van der Waals surface area contributed by atoms with Gasteiger partial charge >= 0.3 is 0 Å². The quantitative estimate of drug-likeness (QED) is 0.600. The zero-order valence-corrected chi connectivity index (χ0v) is 17.1. The highest BCUT2D eigenvalue weighted by Crippen LogP contribution is 2.26. The summed E-state index contributed by atoms with van der Waals surface area (Å²) >= 11 is 0. The predicted octanol–water partition coefficient (Wildman–Crippen LogP) is 4.66. The largest absolute Gasteiger partial charge is 0.495 e. The van der Waals surface area contributed by atoms with Gasteiger partial charge < -0.3 is 20.1 Å². The molecule has 0 aliphatic carbocycles. The van der Waals surface area contributed by atoms with Crippen molar-refractivity contribution < 1.29 is 19.1 Å². The summed E-state index contributed by atoms with van der Waals surface area (Å²) in [7, 11) is 1.56. The summed E-state index contributed by atoms with van der Waals surface area (Å²) < 4.78 is 11.0. The van der Waals surface area contributed by atoms with Crippen molar-refractivity contribution in [3.05, 3.63) is 83.9 Å². The zero-order valence-electron chi connectivity index (χ0n) is 17.1. The van der Waals surface area contributed by atoms with Crippen LogP contribution in [0, 0.1) is 6.92 Å². The van der Waals surface area contributed by atoms with Gasteiger partial charge in [-0.25, -0.2) is 0 Å². The number of nitrogens with one attached hydrogen (secondary N) is 2. The number of carbonyl (C=O) groups excluding carboxylic acids is 2. The highest BCUT2D eigenvalue weighted by molar-refractivity contribution is 6.05. The first-order valence-corrected chi connectivity index (χ1v) is 9.55. The van der Waals surface area contributed by atoms with Gasteiger partial charge in [0.25, 0.3) is 11.8 Å². The third-order valence-corrected chi connectivity index (χ3v) is 4.44. The highest BCUT2D eigenvalue weighted by Gasteiger charge is 2.15. The molecule has 0 heterocycles. The highest BCUT2D eigenvalue weighted by atomic mass is 16.5. The van der Waals surface area contributed by atoms with Crippen LogP contribution in [0.15, 0.2) is 72.8 Å². The lowest BCUT2D eigenvalue weighted by molar-refractivity contribution is -0.122. The van der Waals surface area contributed by atoms with E-state index in [9.17, 15) is 9.59 Å². The number of amides is 2. The van der Waals surface area contributed by atoms with Gasteiger partial charge in [-0.15, -0.1) is 0 Å². The fourth-order valence-electron chi connectivity index (χ4n) is 2.82. The molecule has 30 heavy (non-hydrogen) atoms. The number of para-hydroxylation sites is 1. The van der Waals surface area contributed by atoms with E-state index in [2.05, 4.69) is 10.6 Å². The Labute approximate surface area is 175 Å². The number of carbonyl (C=O) groups is 2. The van der Waals surface area contributed by atoms with Gasteiger partial charge in [0, 0.05) is 11.3 Å². The first-order valence-electron chi connectivity index (χ1n) is 9.55. The summed E-state index contributed by atoms with van der Waals surface area (Å²) in [6, 6.07) is 21.4. The molecule has 6 heteroatoms. The Morgan fingerprint density at radius 3 is 2.27 bits per heavy atom. The van der Waals surface area contributed by atoms with Gasteiger partial charge in [0.05, 0.1) is 12.8 Å². The molecule has 0 aliphatic rings. The van der Waals surface area contributed by atoms with Crippen LogP contribution in [-0.4, -0.2) is 25.0 Å². The van der Waals surface area contributed by atoms with Crippen molar-refractivity contribution in [2.45, 2.75) is 20.0 Å². The molecule has 0 aromatic heterocycles. The Kier molecular flexibility index (Phi) is 6.70. The third-order valence-electron chi connectivity index (χ3n) is 4.44. The van der Waals surface area contributed by atoms with Gasteiger partial charge in [0.2, 0.25) is 0 Å². The van der Waals surface area contributed by atoms with E-state index < -0.39 is 6.10 Å². The predicted molar refractivity (Wildman–Crippen MR) is 117 cm³/mol. The van der Waals surface area contributed by atoms with E-state index in [4.69, 9.17) is 9.47 Å². The second kappa shape index (κ2) is 9.60. The molecule has 2 amide bonds. The molecule has 0 aliphatic heterocycles. The monoisotopic (exact) mass is 404 g/mol.